The van der Waals surface area contributed by atoms with Crippen LogP contribution in [0.15, 0.2) is 6.07 Å². The zero-order valence-corrected chi connectivity index (χ0v) is 9.68. The first-order chi connectivity index (χ1) is 6.80. The van der Waals surface area contributed by atoms with E-state index in [0.29, 0.717) is 5.41 Å². The number of thiophene rings is 1. The Morgan fingerprint density at radius 2 is 2.07 bits per heavy atom. The van der Waals surface area contributed by atoms with Gasteiger partial charge in [-0.15, -0.1) is 11.3 Å². The van der Waals surface area contributed by atoms with Crippen molar-refractivity contribution in [3.63, 3.8) is 0 Å². The molecule has 1 fully saturated rings. The zero-order chi connectivity index (χ0) is 9.60. The zero-order valence-electron chi connectivity index (χ0n) is 8.11. The maximum atomic E-state index is 6.08. The van der Waals surface area contributed by atoms with Gasteiger partial charge in [0.15, 0.2) is 0 Å². The number of piperidine rings is 1. The smallest absolute Gasteiger partial charge is 0.0934 e. The monoisotopic (exact) mass is 227 g/mol. The van der Waals surface area contributed by atoms with Crippen molar-refractivity contribution >= 4 is 22.9 Å². The van der Waals surface area contributed by atoms with Crippen LogP contribution in [0.25, 0.3) is 0 Å². The highest BCUT2D eigenvalue weighted by atomic mass is 35.5. The van der Waals surface area contributed by atoms with Gasteiger partial charge < -0.3 is 5.32 Å². The Bertz CT molecular complexity index is 352. The Balaban J connectivity index is 2.01. The molecule has 0 radical (unpaired) electrons. The molecule has 0 bridgehead atoms. The number of hydrogen-bond donors (Lipinski definition) is 1. The van der Waals surface area contributed by atoms with Crippen molar-refractivity contribution in [2.75, 3.05) is 13.1 Å². The molecule has 1 N–H and O–H groups in total. The Labute approximate surface area is 93.5 Å². The van der Waals surface area contributed by atoms with E-state index in [-0.39, 0.29) is 0 Å². The fourth-order valence-corrected chi connectivity index (χ4v) is 4.33. The summed E-state index contributed by atoms with van der Waals surface area (Å²) in [5.74, 6) is 0. The molecule has 0 aromatic carbocycles. The second-order valence-electron chi connectivity index (χ2n) is 4.42. The summed E-state index contributed by atoms with van der Waals surface area (Å²) in [6.07, 6.45) is 5.21. The molecule has 76 valence electrons. The molecule has 3 rings (SSSR count). The molecule has 0 saturated carbocycles. The predicted molar refractivity (Wildman–Crippen MR) is 61.4 cm³/mol. The minimum Gasteiger partial charge on any atom is -0.317 e. The van der Waals surface area contributed by atoms with Crippen molar-refractivity contribution in [1.82, 2.24) is 5.32 Å². The van der Waals surface area contributed by atoms with E-state index >= 15 is 0 Å². The summed E-state index contributed by atoms with van der Waals surface area (Å²) in [6.45, 7) is 2.35. The van der Waals surface area contributed by atoms with Gasteiger partial charge in [0, 0.05) is 4.88 Å². The van der Waals surface area contributed by atoms with Crippen LogP contribution in [-0.2, 0) is 11.8 Å². The van der Waals surface area contributed by atoms with E-state index < -0.39 is 0 Å². The van der Waals surface area contributed by atoms with Crippen molar-refractivity contribution in [1.29, 1.82) is 0 Å². The van der Waals surface area contributed by atoms with Gasteiger partial charge in [-0.1, -0.05) is 11.6 Å². The number of fused-ring (bicyclic) bond motifs is 2. The molecule has 0 atom stereocenters. The number of rotatable bonds is 0. The van der Waals surface area contributed by atoms with E-state index in [1.54, 1.807) is 21.8 Å². The summed E-state index contributed by atoms with van der Waals surface area (Å²) < 4.78 is 0.979. The standard InChI is InChI=1S/C11H14ClNS/c12-10-7-8-9(14-10)1-2-11(8)3-5-13-6-4-11/h7,13H,1-6H2. The minimum absolute atomic E-state index is 0.490. The van der Waals surface area contributed by atoms with Gasteiger partial charge in [-0.3, -0.25) is 0 Å². The molecule has 2 aliphatic rings. The summed E-state index contributed by atoms with van der Waals surface area (Å²) in [7, 11) is 0. The van der Waals surface area contributed by atoms with Gasteiger partial charge in [-0.25, -0.2) is 0 Å². The first-order valence-corrected chi connectivity index (χ1v) is 6.49. The fraction of sp³-hybridized carbons (Fsp3) is 0.636. The SMILES string of the molecule is Clc1cc2c(s1)CCC21CCNCC1. The largest absolute Gasteiger partial charge is 0.317 e. The average Bonchev–Trinajstić information content (AvgIpc) is 2.70. The second kappa shape index (κ2) is 3.22. The van der Waals surface area contributed by atoms with Gasteiger partial charge in [0.1, 0.15) is 0 Å². The van der Waals surface area contributed by atoms with E-state index in [4.69, 9.17) is 11.6 Å². The fourth-order valence-electron chi connectivity index (χ4n) is 2.94. The molecule has 1 aromatic rings. The molecule has 14 heavy (non-hydrogen) atoms. The van der Waals surface area contributed by atoms with Crippen LogP contribution in [-0.4, -0.2) is 13.1 Å². The molecular weight excluding hydrogens is 214 g/mol. The third kappa shape index (κ3) is 1.24. The van der Waals surface area contributed by atoms with Gasteiger partial charge in [0.2, 0.25) is 0 Å². The molecule has 1 spiro atoms. The van der Waals surface area contributed by atoms with E-state index in [2.05, 4.69) is 11.4 Å². The van der Waals surface area contributed by atoms with Gasteiger partial charge in [-0.2, -0.15) is 0 Å². The van der Waals surface area contributed by atoms with Gasteiger partial charge in [-0.05, 0) is 55.8 Å². The Hall–Kier alpha value is -0.0500. The first-order valence-electron chi connectivity index (χ1n) is 5.30. The summed E-state index contributed by atoms with van der Waals surface area (Å²) in [5.41, 5.74) is 2.07. The lowest BCUT2D eigenvalue weighted by Gasteiger charge is -2.34. The molecular formula is C11H14ClNS. The van der Waals surface area contributed by atoms with Crippen LogP contribution in [0.5, 0.6) is 0 Å². The summed E-state index contributed by atoms with van der Waals surface area (Å²) in [5, 5.41) is 3.44. The molecule has 2 heterocycles. The maximum absolute atomic E-state index is 6.08. The van der Waals surface area contributed by atoms with Crippen molar-refractivity contribution in [3.05, 3.63) is 20.8 Å². The van der Waals surface area contributed by atoms with Crippen LogP contribution in [0, 0.1) is 0 Å². The van der Waals surface area contributed by atoms with Crippen molar-refractivity contribution in [2.45, 2.75) is 31.1 Å². The van der Waals surface area contributed by atoms with Crippen LogP contribution in [0.1, 0.15) is 29.7 Å². The van der Waals surface area contributed by atoms with Gasteiger partial charge in [0.05, 0.1) is 4.34 Å². The van der Waals surface area contributed by atoms with E-state index in [1.165, 1.54) is 38.8 Å². The molecule has 0 amide bonds. The maximum Gasteiger partial charge on any atom is 0.0934 e. The summed E-state index contributed by atoms with van der Waals surface area (Å²) in [4.78, 5) is 1.55. The van der Waals surface area contributed by atoms with Gasteiger partial charge >= 0.3 is 0 Å². The summed E-state index contributed by atoms with van der Waals surface area (Å²) >= 11 is 7.87. The van der Waals surface area contributed by atoms with Crippen molar-refractivity contribution < 1.29 is 0 Å². The number of hydrogen-bond acceptors (Lipinski definition) is 2. The second-order valence-corrected chi connectivity index (χ2v) is 6.19. The van der Waals surface area contributed by atoms with E-state index in [1.807, 2.05) is 0 Å². The Morgan fingerprint density at radius 1 is 1.29 bits per heavy atom. The van der Waals surface area contributed by atoms with Crippen LogP contribution >= 0.6 is 22.9 Å². The average molecular weight is 228 g/mol. The van der Waals surface area contributed by atoms with Crippen LogP contribution < -0.4 is 5.32 Å². The highest BCUT2D eigenvalue weighted by Gasteiger charge is 2.40. The summed E-state index contributed by atoms with van der Waals surface area (Å²) in [6, 6.07) is 2.22. The van der Waals surface area contributed by atoms with Crippen molar-refractivity contribution in [2.24, 2.45) is 0 Å². The topological polar surface area (TPSA) is 12.0 Å². The molecule has 0 unspecified atom stereocenters. The van der Waals surface area contributed by atoms with Crippen molar-refractivity contribution in [3.8, 4) is 0 Å². The lowest BCUT2D eigenvalue weighted by molar-refractivity contribution is 0.307. The molecule has 1 aromatic heterocycles. The molecule has 1 nitrogen and oxygen atoms in total. The third-order valence-electron chi connectivity index (χ3n) is 3.74. The lowest BCUT2D eigenvalue weighted by atomic mass is 9.75. The molecule has 1 saturated heterocycles. The van der Waals surface area contributed by atoms with Gasteiger partial charge in [0.25, 0.3) is 0 Å². The normalized spacial score (nSPS) is 24.1. The predicted octanol–water partition coefficient (Wildman–Crippen LogP) is 2.97. The quantitative estimate of drug-likeness (QED) is 0.719. The molecule has 3 heteroatoms. The minimum atomic E-state index is 0.490. The molecule has 1 aliphatic carbocycles. The number of aryl methyl sites for hydroxylation is 1. The van der Waals surface area contributed by atoms with Crippen LogP contribution in [0.3, 0.4) is 0 Å². The van der Waals surface area contributed by atoms with Crippen LogP contribution in [0.4, 0.5) is 0 Å². The number of nitrogens with one attached hydrogen (secondary N) is 1. The Kier molecular flexibility index (Phi) is 2.12. The number of halogens is 1. The first kappa shape index (κ1) is 9.20. The molecule has 1 aliphatic heterocycles. The van der Waals surface area contributed by atoms with E-state index in [0.717, 1.165) is 4.34 Å². The third-order valence-corrected chi connectivity index (χ3v) is 5.07. The van der Waals surface area contributed by atoms with E-state index in [9.17, 15) is 0 Å². The highest BCUT2D eigenvalue weighted by molar-refractivity contribution is 7.16. The highest BCUT2D eigenvalue weighted by Crippen LogP contribution is 2.49. The lowest BCUT2D eigenvalue weighted by Crippen LogP contribution is -2.38. The Morgan fingerprint density at radius 3 is 2.86 bits per heavy atom. The van der Waals surface area contributed by atoms with Crippen LogP contribution in [0.2, 0.25) is 4.34 Å².